The number of alkyl halides is 6. The van der Waals surface area contributed by atoms with E-state index in [1.165, 1.54) is 24.3 Å². The molecule has 2 aromatic carbocycles. The van der Waals surface area contributed by atoms with Crippen molar-refractivity contribution in [3.63, 3.8) is 0 Å². The number of nitrogens with one attached hydrogen (secondary N) is 1. The maximum absolute atomic E-state index is 13.0. The molecule has 0 aliphatic heterocycles. The average molecular weight is 388 g/mol. The third-order valence-corrected chi connectivity index (χ3v) is 3.81. The van der Waals surface area contributed by atoms with E-state index in [9.17, 15) is 30.7 Å². The van der Waals surface area contributed by atoms with Gasteiger partial charge >= 0.3 is 12.4 Å². The van der Waals surface area contributed by atoms with E-state index in [1.54, 1.807) is 0 Å². The zero-order chi connectivity index (χ0) is 19.8. The van der Waals surface area contributed by atoms with Gasteiger partial charge in [0.2, 0.25) is 0 Å². The highest BCUT2D eigenvalue weighted by molar-refractivity contribution is 5.61. The summed E-state index contributed by atoms with van der Waals surface area (Å²) in [4.78, 5) is 6.69. The molecule has 142 valence electrons. The van der Waals surface area contributed by atoms with Crippen LogP contribution in [0.1, 0.15) is 22.5 Å². The first-order valence-electron chi connectivity index (χ1n) is 7.60. The van der Waals surface area contributed by atoms with Crippen molar-refractivity contribution in [1.29, 1.82) is 0 Å². The second-order valence-corrected chi connectivity index (χ2v) is 5.84. The summed E-state index contributed by atoms with van der Waals surface area (Å²) in [7, 11) is 0. The van der Waals surface area contributed by atoms with Crippen LogP contribution in [0.15, 0.2) is 48.7 Å². The van der Waals surface area contributed by atoms with Crippen LogP contribution in [0.5, 0.6) is 0 Å². The monoisotopic (exact) mass is 388 g/mol. The van der Waals surface area contributed by atoms with E-state index in [0.29, 0.717) is 23.5 Å². The summed E-state index contributed by atoms with van der Waals surface area (Å²) in [6.45, 7) is 0. The fraction of sp³-hybridized carbons (Fsp3) is 0.167. The van der Waals surface area contributed by atoms with Crippen molar-refractivity contribution in [1.82, 2.24) is 9.97 Å². The van der Waals surface area contributed by atoms with Crippen LogP contribution in [0.3, 0.4) is 0 Å². The standard InChI is InChI=1S/C18H11F7N2/c19-14-3-1-10(2-4-14)5-16-26-9-15(27-16)11-6-12(17(20,21)22)8-13(7-11)18(23,24)25/h1-4,6-9H,5H2,(H,26,27). The van der Waals surface area contributed by atoms with Gasteiger partial charge in [-0.15, -0.1) is 0 Å². The number of H-pyrrole nitrogens is 1. The maximum Gasteiger partial charge on any atom is 0.416 e. The zero-order valence-corrected chi connectivity index (χ0v) is 13.4. The van der Waals surface area contributed by atoms with E-state index < -0.39 is 29.3 Å². The van der Waals surface area contributed by atoms with Gasteiger partial charge in [-0.3, -0.25) is 0 Å². The molecule has 0 atom stereocenters. The minimum Gasteiger partial charge on any atom is -0.342 e. The number of rotatable bonds is 3. The lowest BCUT2D eigenvalue weighted by molar-refractivity contribution is -0.143. The highest BCUT2D eigenvalue weighted by Gasteiger charge is 2.37. The number of aromatic nitrogens is 2. The van der Waals surface area contributed by atoms with Crippen molar-refractivity contribution in [3.8, 4) is 11.3 Å². The molecule has 27 heavy (non-hydrogen) atoms. The predicted octanol–water partition coefficient (Wildman–Crippen LogP) is 5.84. The molecule has 3 aromatic rings. The topological polar surface area (TPSA) is 28.7 Å². The molecule has 3 rings (SSSR count). The second kappa shape index (κ2) is 6.71. The summed E-state index contributed by atoms with van der Waals surface area (Å²) in [6, 6.07) is 6.81. The summed E-state index contributed by atoms with van der Waals surface area (Å²) < 4.78 is 90.6. The van der Waals surface area contributed by atoms with Crippen LogP contribution in [-0.4, -0.2) is 9.97 Å². The number of imidazole rings is 1. The van der Waals surface area contributed by atoms with Crippen LogP contribution in [0.2, 0.25) is 0 Å². The average Bonchev–Trinajstić information content (AvgIpc) is 3.03. The van der Waals surface area contributed by atoms with Crippen LogP contribution >= 0.6 is 0 Å². The van der Waals surface area contributed by atoms with Gasteiger partial charge in [0.05, 0.1) is 23.0 Å². The maximum atomic E-state index is 13.0. The molecule has 0 fully saturated rings. The Kier molecular flexibility index (Phi) is 4.71. The second-order valence-electron chi connectivity index (χ2n) is 5.84. The van der Waals surface area contributed by atoms with Gasteiger partial charge in [0.1, 0.15) is 11.6 Å². The minimum atomic E-state index is -4.92. The summed E-state index contributed by atoms with van der Waals surface area (Å²) in [5, 5.41) is 0. The van der Waals surface area contributed by atoms with E-state index in [4.69, 9.17) is 0 Å². The molecule has 9 heteroatoms. The first-order chi connectivity index (χ1) is 12.5. The number of halogens is 7. The molecule has 0 amide bonds. The van der Waals surface area contributed by atoms with E-state index in [-0.39, 0.29) is 23.7 Å². The Morgan fingerprint density at radius 2 is 1.37 bits per heavy atom. The van der Waals surface area contributed by atoms with Gasteiger partial charge in [-0.25, -0.2) is 9.37 Å². The van der Waals surface area contributed by atoms with Gasteiger partial charge in [-0.05, 0) is 35.9 Å². The third kappa shape index (κ3) is 4.47. The summed E-state index contributed by atoms with van der Waals surface area (Å²) in [5.74, 6) is -0.106. The number of hydrogen-bond donors (Lipinski definition) is 1. The molecule has 0 radical (unpaired) electrons. The number of aromatic amines is 1. The van der Waals surface area contributed by atoms with E-state index in [0.717, 1.165) is 6.20 Å². The number of benzene rings is 2. The molecule has 1 N–H and O–H groups in total. The molecule has 0 spiro atoms. The van der Waals surface area contributed by atoms with Crippen LogP contribution in [-0.2, 0) is 18.8 Å². The van der Waals surface area contributed by atoms with Crippen molar-refractivity contribution >= 4 is 0 Å². The minimum absolute atomic E-state index is 0.0173. The smallest absolute Gasteiger partial charge is 0.342 e. The van der Waals surface area contributed by atoms with Gasteiger partial charge < -0.3 is 4.98 Å². The normalized spacial score (nSPS) is 12.4. The Balaban J connectivity index is 1.96. The highest BCUT2D eigenvalue weighted by atomic mass is 19.4. The Bertz CT molecular complexity index is 905. The molecular formula is C18H11F7N2. The van der Waals surface area contributed by atoms with Crippen molar-refractivity contribution in [2.75, 3.05) is 0 Å². The van der Waals surface area contributed by atoms with Crippen molar-refractivity contribution in [2.24, 2.45) is 0 Å². The molecule has 0 unspecified atom stereocenters. The molecule has 0 saturated carbocycles. The van der Waals surface area contributed by atoms with E-state index in [1.807, 2.05) is 0 Å². The first kappa shape index (κ1) is 18.9. The van der Waals surface area contributed by atoms with E-state index in [2.05, 4.69) is 9.97 Å². The Morgan fingerprint density at radius 1 is 0.815 bits per heavy atom. The van der Waals surface area contributed by atoms with Gasteiger partial charge in [0, 0.05) is 12.0 Å². The van der Waals surface area contributed by atoms with Crippen LogP contribution in [0, 0.1) is 5.82 Å². The third-order valence-electron chi connectivity index (χ3n) is 3.81. The molecule has 0 saturated heterocycles. The summed E-state index contributed by atoms with van der Waals surface area (Å²) in [5.41, 5.74) is -2.39. The summed E-state index contributed by atoms with van der Waals surface area (Å²) >= 11 is 0. The highest BCUT2D eigenvalue weighted by Crippen LogP contribution is 2.38. The number of nitrogens with zero attached hydrogens (tertiary/aromatic N) is 1. The molecular weight excluding hydrogens is 377 g/mol. The largest absolute Gasteiger partial charge is 0.416 e. The molecule has 0 bridgehead atoms. The van der Waals surface area contributed by atoms with Gasteiger partial charge in [0.25, 0.3) is 0 Å². The van der Waals surface area contributed by atoms with Gasteiger partial charge in [-0.2, -0.15) is 26.3 Å². The van der Waals surface area contributed by atoms with Gasteiger partial charge in [-0.1, -0.05) is 12.1 Å². The van der Waals surface area contributed by atoms with Crippen LogP contribution in [0.25, 0.3) is 11.3 Å². The predicted molar refractivity (Wildman–Crippen MR) is 83.2 cm³/mol. The lowest BCUT2D eigenvalue weighted by Crippen LogP contribution is -2.11. The Hall–Kier alpha value is -2.84. The first-order valence-corrected chi connectivity index (χ1v) is 7.60. The fourth-order valence-electron chi connectivity index (χ4n) is 2.51. The van der Waals surface area contributed by atoms with Gasteiger partial charge in [0.15, 0.2) is 0 Å². The molecule has 0 aliphatic rings. The Labute approximate surface area is 148 Å². The van der Waals surface area contributed by atoms with E-state index >= 15 is 0 Å². The van der Waals surface area contributed by atoms with Crippen molar-refractivity contribution < 1.29 is 30.7 Å². The molecule has 1 heterocycles. The zero-order valence-electron chi connectivity index (χ0n) is 13.4. The van der Waals surface area contributed by atoms with Crippen molar-refractivity contribution in [2.45, 2.75) is 18.8 Å². The summed E-state index contributed by atoms with van der Waals surface area (Å²) in [6.07, 6.45) is -8.47. The molecule has 1 aromatic heterocycles. The molecule has 0 aliphatic carbocycles. The lowest BCUT2D eigenvalue weighted by atomic mass is 10.0. The quantitative estimate of drug-likeness (QED) is 0.561. The lowest BCUT2D eigenvalue weighted by Gasteiger charge is -2.13. The van der Waals surface area contributed by atoms with Crippen molar-refractivity contribution in [3.05, 3.63) is 77.0 Å². The SMILES string of the molecule is Fc1ccc(Cc2ncc(-c3cc(C(F)(F)F)cc(C(F)(F)F)c3)[nH]2)cc1. The van der Waals surface area contributed by atoms with Crippen LogP contribution in [0.4, 0.5) is 30.7 Å². The molecule has 2 nitrogen and oxygen atoms in total. The van der Waals surface area contributed by atoms with Crippen LogP contribution < -0.4 is 0 Å². The fourth-order valence-corrected chi connectivity index (χ4v) is 2.51. The number of hydrogen-bond acceptors (Lipinski definition) is 1. The Morgan fingerprint density at radius 3 is 1.89 bits per heavy atom.